The number of hydrogen-bond donors (Lipinski definition) is 1. The molecule has 2 heteroatoms. The molecule has 0 aliphatic heterocycles. The Kier molecular flexibility index (Phi) is 7.68. The van der Waals surface area contributed by atoms with Crippen LogP contribution in [0.5, 0.6) is 0 Å². The van der Waals surface area contributed by atoms with Gasteiger partial charge in [-0.3, -0.25) is 0 Å². The van der Waals surface area contributed by atoms with Gasteiger partial charge in [-0.25, -0.2) is 0 Å². The van der Waals surface area contributed by atoms with Crippen molar-refractivity contribution in [1.29, 1.82) is 0 Å². The molecule has 228 valence electrons. The van der Waals surface area contributed by atoms with E-state index in [2.05, 4.69) is 145 Å². The molecule has 3 unspecified atom stereocenters. The highest BCUT2D eigenvalue weighted by Gasteiger charge is 2.28. The summed E-state index contributed by atoms with van der Waals surface area (Å²) in [6.07, 6.45) is 11.0. The average molecular weight is 599 g/mol. The van der Waals surface area contributed by atoms with E-state index in [0.717, 1.165) is 38.5 Å². The normalized spacial score (nSPS) is 17.0. The summed E-state index contributed by atoms with van der Waals surface area (Å²) in [6, 6.07) is 44.9. The molecule has 0 saturated heterocycles. The fourth-order valence-electron chi connectivity index (χ4n) is 8.20. The predicted molar refractivity (Wildman–Crippen MR) is 194 cm³/mol. The number of aromatic nitrogens is 1. The Morgan fingerprint density at radius 1 is 0.761 bits per heavy atom. The van der Waals surface area contributed by atoms with Crippen molar-refractivity contribution in [3.8, 4) is 11.1 Å². The van der Waals surface area contributed by atoms with Gasteiger partial charge in [-0.05, 0) is 90.0 Å². The van der Waals surface area contributed by atoms with Crippen molar-refractivity contribution >= 4 is 21.8 Å². The van der Waals surface area contributed by atoms with Crippen molar-refractivity contribution in [2.24, 2.45) is 5.73 Å². The molecular formula is C44H42N2. The van der Waals surface area contributed by atoms with Crippen LogP contribution in [-0.2, 0) is 12.8 Å². The van der Waals surface area contributed by atoms with E-state index < -0.39 is 0 Å². The van der Waals surface area contributed by atoms with E-state index in [-0.39, 0.29) is 12.1 Å². The van der Waals surface area contributed by atoms with Gasteiger partial charge in [0.15, 0.2) is 0 Å². The lowest BCUT2D eigenvalue weighted by Crippen LogP contribution is -2.28. The molecular weight excluding hydrogens is 556 g/mol. The number of rotatable bonds is 9. The van der Waals surface area contributed by atoms with Crippen LogP contribution in [-0.4, -0.2) is 10.6 Å². The summed E-state index contributed by atoms with van der Waals surface area (Å²) >= 11 is 0. The van der Waals surface area contributed by atoms with Crippen LogP contribution in [0.4, 0.5) is 0 Å². The first-order valence-corrected chi connectivity index (χ1v) is 17.1. The molecule has 2 nitrogen and oxygen atoms in total. The smallest absolute Gasteiger partial charge is 0.0566 e. The maximum absolute atomic E-state index is 7.24. The molecule has 6 aromatic rings. The second-order valence-corrected chi connectivity index (χ2v) is 13.3. The summed E-state index contributed by atoms with van der Waals surface area (Å²) in [4.78, 5) is 0. The lowest BCUT2D eigenvalue weighted by Gasteiger charge is -2.30. The van der Waals surface area contributed by atoms with E-state index in [9.17, 15) is 0 Å². The number of hydrogen-bond acceptors (Lipinski definition) is 1. The summed E-state index contributed by atoms with van der Waals surface area (Å²) in [7, 11) is 0. The van der Waals surface area contributed by atoms with Crippen LogP contribution in [0.2, 0.25) is 0 Å². The Balaban J connectivity index is 1.15. The van der Waals surface area contributed by atoms with Crippen LogP contribution >= 0.6 is 0 Å². The van der Waals surface area contributed by atoms with Gasteiger partial charge in [0.2, 0.25) is 0 Å². The highest BCUT2D eigenvalue weighted by Crippen LogP contribution is 2.47. The molecule has 2 aliphatic rings. The van der Waals surface area contributed by atoms with E-state index in [1.165, 1.54) is 66.3 Å². The first-order valence-electron chi connectivity index (χ1n) is 17.1. The molecule has 0 fully saturated rings. The van der Waals surface area contributed by atoms with Crippen molar-refractivity contribution in [3.63, 3.8) is 0 Å². The van der Waals surface area contributed by atoms with Gasteiger partial charge in [0, 0.05) is 22.3 Å². The van der Waals surface area contributed by atoms with Crippen molar-refractivity contribution in [2.45, 2.75) is 63.5 Å². The third-order valence-corrected chi connectivity index (χ3v) is 10.5. The van der Waals surface area contributed by atoms with Crippen molar-refractivity contribution in [3.05, 3.63) is 167 Å². The molecule has 0 saturated carbocycles. The largest absolute Gasteiger partial charge is 0.333 e. The molecule has 1 heterocycles. The first kappa shape index (κ1) is 28.8. The monoisotopic (exact) mass is 598 g/mol. The summed E-state index contributed by atoms with van der Waals surface area (Å²) in [6.45, 7) is 2.27. The zero-order chi connectivity index (χ0) is 31.0. The third kappa shape index (κ3) is 5.21. The Labute approximate surface area is 272 Å². The molecule has 0 radical (unpaired) electrons. The third-order valence-electron chi connectivity index (χ3n) is 10.5. The zero-order valence-corrected chi connectivity index (χ0v) is 26.7. The zero-order valence-electron chi connectivity index (χ0n) is 26.7. The van der Waals surface area contributed by atoms with E-state index in [1.807, 2.05) is 0 Å². The maximum Gasteiger partial charge on any atom is 0.0566 e. The minimum absolute atomic E-state index is 0.00273. The molecule has 2 N–H and O–H groups in total. The minimum Gasteiger partial charge on any atom is -0.333 e. The second-order valence-electron chi connectivity index (χ2n) is 13.3. The summed E-state index contributed by atoms with van der Waals surface area (Å²) in [5.41, 5.74) is 21.1. The van der Waals surface area contributed by atoms with Gasteiger partial charge in [-0.2, -0.15) is 0 Å². The quantitative estimate of drug-likeness (QED) is 0.176. The van der Waals surface area contributed by atoms with E-state index in [1.54, 1.807) is 0 Å². The van der Waals surface area contributed by atoms with E-state index in [4.69, 9.17) is 5.73 Å². The molecule has 8 rings (SSSR count). The van der Waals surface area contributed by atoms with Crippen LogP contribution in [0.15, 0.2) is 145 Å². The number of para-hydroxylation sites is 1. The highest BCUT2D eigenvalue weighted by atomic mass is 15.0. The summed E-state index contributed by atoms with van der Waals surface area (Å²) < 4.78 is 2.62. The maximum atomic E-state index is 7.24. The highest BCUT2D eigenvalue weighted by molar-refractivity contribution is 6.16. The number of fused-ring (bicyclic) bond motifs is 7. The molecule has 3 atom stereocenters. The molecule has 0 spiro atoms. The minimum atomic E-state index is 0.00273. The fraction of sp³-hybridized carbons (Fsp3) is 0.227. The number of nitrogens with two attached hydrogens (primary N) is 1. The standard InChI is InChI=1S/C44H42N2/c1-2-30-25-36(40(45)29-33(32-15-7-4-8-16-32)22-21-31-13-5-3-6-14-31)28-37(26-30)46-41-20-12-11-19-39(41)44-42(46)24-23-35-27-34-17-9-10-18-38(34)43(35)44/h3-20,23-26,33,37,40H,2,21-22,27-29,45H2,1H3. The van der Waals surface area contributed by atoms with Gasteiger partial charge in [0.1, 0.15) is 0 Å². The Hall–Kier alpha value is -4.66. The van der Waals surface area contributed by atoms with Crippen LogP contribution in [0.25, 0.3) is 32.9 Å². The van der Waals surface area contributed by atoms with Crippen LogP contribution in [0.3, 0.4) is 0 Å². The van der Waals surface area contributed by atoms with Crippen molar-refractivity contribution in [1.82, 2.24) is 4.57 Å². The van der Waals surface area contributed by atoms with Gasteiger partial charge < -0.3 is 10.3 Å². The Morgan fingerprint density at radius 2 is 1.50 bits per heavy atom. The van der Waals surface area contributed by atoms with Crippen molar-refractivity contribution < 1.29 is 0 Å². The van der Waals surface area contributed by atoms with Crippen molar-refractivity contribution in [2.75, 3.05) is 0 Å². The molecule has 46 heavy (non-hydrogen) atoms. The predicted octanol–water partition coefficient (Wildman–Crippen LogP) is 10.7. The second kappa shape index (κ2) is 12.3. The topological polar surface area (TPSA) is 30.9 Å². The first-order chi connectivity index (χ1) is 22.7. The summed E-state index contributed by atoms with van der Waals surface area (Å²) in [5, 5.41) is 2.75. The van der Waals surface area contributed by atoms with E-state index >= 15 is 0 Å². The summed E-state index contributed by atoms with van der Waals surface area (Å²) in [5.74, 6) is 0.405. The lowest BCUT2D eigenvalue weighted by atomic mass is 9.82. The molecule has 0 bridgehead atoms. The number of allylic oxidation sites excluding steroid dienone is 3. The van der Waals surface area contributed by atoms with Gasteiger partial charge in [-0.1, -0.05) is 139 Å². The van der Waals surface area contributed by atoms with Gasteiger partial charge in [0.25, 0.3) is 0 Å². The number of benzene rings is 5. The Bertz CT molecular complexity index is 2080. The number of nitrogens with zero attached hydrogens (tertiary/aromatic N) is 1. The van der Waals surface area contributed by atoms with Crippen LogP contribution in [0.1, 0.15) is 66.8 Å². The number of aryl methyl sites for hydroxylation is 1. The SMILES string of the molecule is CCC1=CC(n2c3ccccc3c3c4c(ccc32)Cc2ccccc2-4)CC(C(N)CC(CCc2ccccc2)c2ccccc2)=C1. The lowest BCUT2D eigenvalue weighted by molar-refractivity contribution is 0.506. The fourth-order valence-corrected chi connectivity index (χ4v) is 8.20. The van der Waals surface area contributed by atoms with Gasteiger partial charge >= 0.3 is 0 Å². The molecule has 5 aromatic carbocycles. The Morgan fingerprint density at radius 3 is 2.33 bits per heavy atom. The van der Waals surface area contributed by atoms with Crippen LogP contribution < -0.4 is 5.73 Å². The molecule has 2 aliphatic carbocycles. The van der Waals surface area contributed by atoms with E-state index in [0.29, 0.717) is 5.92 Å². The van der Waals surface area contributed by atoms with Gasteiger partial charge in [-0.15, -0.1) is 0 Å². The van der Waals surface area contributed by atoms with Crippen LogP contribution in [0, 0.1) is 0 Å². The average Bonchev–Trinajstić information content (AvgIpc) is 3.66. The molecule has 1 aromatic heterocycles. The molecule has 0 amide bonds. The van der Waals surface area contributed by atoms with Gasteiger partial charge in [0.05, 0.1) is 11.6 Å².